The molecule has 0 bridgehead atoms. The molecule has 0 aromatic heterocycles. The molecule has 0 aromatic rings. The van der Waals surface area contributed by atoms with Gasteiger partial charge in [-0.1, -0.05) is 0 Å². The van der Waals surface area contributed by atoms with Gasteiger partial charge in [0, 0.05) is 20.1 Å². The van der Waals surface area contributed by atoms with Crippen molar-refractivity contribution in [3.8, 4) is 0 Å². The van der Waals surface area contributed by atoms with E-state index in [2.05, 4.69) is 0 Å². The number of aliphatic hydroxyl groups is 1. The van der Waals surface area contributed by atoms with Gasteiger partial charge in [-0.15, -0.1) is 0 Å². The molecule has 4 nitrogen and oxygen atoms in total. The normalized spacial score (nSPS) is 18.8. The first kappa shape index (κ1) is 10.3. The predicted octanol–water partition coefficient (Wildman–Crippen LogP) is 0.515. The van der Waals surface area contributed by atoms with Crippen LogP contribution in [0.5, 0.6) is 0 Å². The summed E-state index contributed by atoms with van der Waals surface area (Å²) < 4.78 is 0. The lowest BCUT2D eigenvalue weighted by molar-refractivity contribution is 0.133. The van der Waals surface area contributed by atoms with Crippen LogP contribution in [-0.4, -0.2) is 53.7 Å². The van der Waals surface area contributed by atoms with Crippen molar-refractivity contribution in [2.75, 3.05) is 26.7 Å². The summed E-state index contributed by atoms with van der Waals surface area (Å²) in [4.78, 5) is 15.1. The Labute approximate surface area is 79.1 Å². The van der Waals surface area contributed by atoms with Crippen LogP contribution in [0.25, 0.3) is 0 Å². The highest BCUT2D eigenvalue weighted by atomic mass is 16.3. The van der Waals surface area contributed by atoms with E-state index in [1.165, 1.54) is 0 Å². The lowest BCUT2D eigenvalue weighted by Gasteiger charge is -2.28. The van der Waals surface area contributed by atoms with Crippen LogP contribution in [0.15, 0.2) is 0 Å². The van der Waals surface area contributed by atoms with E-state index >= 15 is 0 Å². The van der Waals surface area contributed by atoms with Gasteiger partial charge in [0.05, 0.1) is 12.6 Å². The van der Waals surface area contributed by atoms with Gasteiger partial charge in [-0.05, 0) is 19.8 Å². The summed E-state index contributed by atoms with van der Waals surface area (Å²) in [7, 11) is 1.74. The maximum absolute atomic E-state index is 11.7. The number of likely N-dealkylation sites (N-methyl/N-ethyl adjacent to an activating group) is 1. The van der Waals surface area contributed by atoms with Crippen LogP contribution >= 0.6 is 0 Å². The molecule has 0 radical (unpaired) electrons. The molecule has 0 spiro atoms. The van der Waals surface area contributed by atoms with Crippen LogP contribution in [0.1, 0.15) is 19.8 Å². The number of carbonyl (C=O) groups excluding carboxylic acids is 1. The Bertz CT molecular complexity index is 178. The van der Waals surface area contributed by atoms with Crippen LogP contribution in [0.3, 0.4) is 0 Å². The summed E-state index contributed by atoms with van der Waals surface area (Å²) in [6, 6.07) is -0.0489. The topological polar surface area (TPSA) is 43.8 Å². The highest BCUT2D eigenvalue weighted by Crippen LogP contribution is 2.10. The van der Waals surface area contributed by atoms with E-state index in [-0.39, 0.29) is 18.7 Å². The largest absolute Gasteiger partial charge is 0.394 e. The van der Waals surface area contributed by atoms with Gasteiger partial charge in [0.15, 0.2) is 0 Å². The number of hydrogen-bond donors (Lipinski definition) is 1. The van der Waals surface area contributed by atoms with Crippen molar-refractivity contribution in [1.82, 2.24) is 9.80 Å². The molecule has 1 aliphatic rings. The first-order valence-electron chi connectivity index (χ1n) is 4.79. The fourth-order valence-corrected chi connectivity index (χ4v) is 1.44. The third-order valence-corrected chi connectivity index (χ3v) is 2.60. The highest BCUT2D eigenvalue weighted by Gasteiger charge is 2.23. The molecule has 4 heteroatoms. The fourth-order valence-electron chi connectivity index (χ4n) is 1.44. The molecule has 1 fully saturated rings. The number of rotatable bonds is 2. The molecule has 0 aromatic carbocycles. The monoisotopic (exact) mass is 186 g/mol. The zero-order valence-corrected chi connectivity index (χ0v) is 8.36. The molecule has 76 valence electrons. The first-order chi connectivity index (χ1) is 6.16. The van der Waals surface area contributed by atoms with Crippen molar-refractivity contribution in [2.45, 2.75) is 25.8 Å². The zero-order valence-electron chi connectivity index (χ0n) is 8.36. The van der Waals surface area contributed by atoms with Gasteiger partial charge in [-0.3, -0.25) is 0 Å². The number of urea groups is 1. The molecule has 1 N–H and O–H groups in total. The molecular weight excluding hydrogens is 168 g/mol. The lowest BCUT2D eigenvalue weighted by atomic mass is 10.3. The molecule has 1 atom stereocenters. The van der Waals surface area contributed by atoms with Gasteiger partial charge >= 0.3 is 6.03 Å². The fraction of sp³-hybridized carbons (Fsp3) is 0.889. The Kier molecular flexibility index (Phi) is 3.54. The van der Waals surface area contributed by atoms with Crippen molar-refractivity contribution in [1.29, 1.82) is 0 Å². The number of likely N-dealkylation sites (tertiary alicyclic amines) is 1. The summed E-state index contributed by atoms with van der Waals surface area (Å²) in [6.45, 7) is 3.59. The van der Waals surface area contributed by atoms with E-state index in [4.69, 9.17) is 5.11 Å². The molecule has 0 aliphatic carbocycles. The Morgan fingerprint density at radius 2 is 2.08 bits per heavy atom. The van der Waals surface area contributed by atoms with Crippen LogP contribution in [-0.2, 0) is 0 Å². The van der Waals surface area contributed by atoms with Gasteiger partial charge < -0.3 is 14.9 Å². The molecule has 13 heavy (non-hydrogen) atoms. The van der Waals surface area contributed by atoms with Gasteiger partial charge in [-0.2, -0.15) is 0 Å². The molecule has 1 heterocycles. The SMILES string of the molecule is CC(CO)N(C)C(=O)N1CCCC1. The van der Waals surface area contributed by atoms with Crippen molar-refractivity contribution in [3.05, 3.63) is 0 Å². The standard InChI is InChI=1S/C9H18N2O2/c1-8(7-12)10(2)9(13)11-5-3-4-6-11/h8,12H,3-7H2,1-2H3. The van der Waals surface area contributed by atoms with Crippen molar-refractivity contribution in [3.63, 3.8) is 0 Å². The summed E-state index contributed by atoms with van der Waals surface area (Å²) >= 11 is 0. The predicted molar refractivity (Wildman–Crippen MR) is 50.5 cm³/mol. The Balaban J connectivity index is 2.45. The molecule has 1 saturated heterocycles. The molecule has 0 saturated carbocycles. The van der Waals surface area contributed by atoms with Gasteiger partial charge in [-0.25, -0.2) is 4.79 Å². The second kappa shape index (κ2) is 4.46. The number of aliphatic hydroxyl groups excluding tert-OH is 1. The van der Waals surface area contributed by atoms with Crippen molar-refractivity contribution in [2.24, 2.45) is 0 Å². The van der Waals surface area contributed by atoms with Crippen LogP contribution in [0, 0.1) is 0 Å². The number of hydrogen-bond acceptors (Lipinski definition) is 2. The number of amides is 2. The van der Waals surface area contributed by atoms with Gasteiger partial charge in [0.25, 0.3) is 0 Å². The van der Waals surface area contributed by atoms with Gasteiger partial charge in [0.1, 0.15) is 0 Å². The average molecular weight is 186 g/mol. The summed E-state index contributed by atoms with van der Waals surface area (Å²) in [6.07, 6.45) is 2.21. The Morgan fingerprint density at radius 1 is 1.54 bits per heavy atom. The second-order valence-corrected chi connectivity index (χ2v) is 3.62. The first-order valence-corrected chi connectivity index (χ1v) is 4.79. The van der Waals surface area contributed by atoms with E-state index in [0.29, 0.717) is 0 Å². The van der Waals surface area contributed by atoms with E-state index in [0.717, 1.165) is 25.9 Å². The third-order valence-electron chi connectivity index (χ3n) is 2.60. The average Bonchev–Trinajstić information content (AvgIpc) is 2.67. The summed E-state index contributed by atoms with van der Waals surface area (Å²) in [5, 5.41) is 8.88. The minimum atomic E-state index is -0.0897. The summed E-state index contributed by atoms with van der Waals surface area (Å²) in [5.74, 6) is 0. The van der Waals surface area contributed by atoms with Crippen LogP contribution in [0.2, 0.25) is 0 Å². The minimum Gasteiger partial charge on any atom is -0.394 e. The molecule has 1 unspecified atom stereocenters. The van der Waals surface area contributed by atoms with Crippen molar-refractivity contribution >= 4 is 6.03 Å². The lowest BCUT2D eigenvalue weighted by Crippen LogP contribution is -2.45. The molecule has 1 aliphatic heterocycles. The summed E-state index contributed by atoms with van der Waals surface area (Å²) in [5.41, 5.74) is 0. The van der Waals surface area contributed by atoms with E-state index in [1.54, 1.807) is 11.9 Å². The van der Waals surface area contributed by atoms with E-state index in [1.807, 2.05) is 11.8 Å². The van der Waals surface area contributed by atoms with Gasteiger partial charge in [0.2, 0.25) is 0 Å². The maximum atomic E-state index is 11.7. The minimum absolute atomic E-state index is 0.0239. The number of carbonyl (C=O) groups is 1. The van der Waals surface area contributed by atoms with E-state index < -0.39 is 0 Å². The zero-order chi connectivity index (χ0) is 9.84. The molecular formula is C9H18N2O2. The van der Waals surface area contributed by atoms with Crippen LogP contribution < -0.4 is 0 Å². The molecule has 2 amide bonds. The highest BCUT2D eigenvalue weighted by molar-refractivity contribution is 5.74. The maximum Gasteiger partial charge on any atom is 0.320 e. The number of nitrogens with zero attached hydrogens (tertiary/aromatic N) is 2. The Hall–Kier alpha value is -0.770. The quantitative estimate of drug-likeness (QED) is 0.683. The molecule has 1 rings (SSSR count). The van der Waals surface area contributed by atoms with E-state index in [9.17, 15) is 4.79 Å². The third kappa shape index (κ3) is 2.34. The van der Waals surface area contributed by atoms with Crippen LogP contribution in [0.4, 0.5) is 4.79 Å². The second-order valence-electron chi connectivity index (χ2n) is 3.62. The Morgan fingerprint density at radius 3 is 2.54 bits per heavy atom. The smallest absolute Gasteiger partial charge is 0.320 e. The van der Waals surface area contributed by atoms with Crippen molar-refractivity contribution < 1.29 is 9.90 Å².